The molecule has 8 aromatic rings. The van der Waals surface area contributed by atoms with Gasteiger partial charge in [-0.15, -0.1) is 0 Å². The molecule has 1 aliphatic carbocycles. The third kappa shape index (κ3) is 5.37. The summed E-state index contributed by atoms with van der Waals surface area (Å²) in [6.45, 7) is 4.70. The molecule has 2 heteroatoms. The molecule has 51 heavy (non-hydrogen) atoms. The van der Waals surface area contributed by atoms with Gasteiger partial charge in [-0.2, -0.15) is 0 Å². The van der Waals surface area contributed by atoms with Crippen molar-refractivity contribution in [3.63, 3.8) is 0 Å². The van der Waals surface area contributed by atoms with Crippen LogP contribution in [0.2, 0.25) is 0 Å². The first-order valence-corrected chi connectivity index (χ1v) is 17.7. The van der Waals surface area contributed by atoms with Crippen molar-refractivity contribution in [1.82, 2.24) is 0 Å². The smallest absolute Gasteiger partial charge is 0.0546 e. The Morgan fingerprint density at radius 3 is 1.55 bits per heavy atom. The Hall–Kier alpha value is -6.38. The van der Waals surface area contributed by atoms with Crippen LogP contribution in [0.15, 0.2) is 194 Å². The Bertz CT molecular complexity index is 2500. The van der Waals surface area contributed by atoms with Crippen LogP contribution in [-0.4, -0.2) is 0 Å². The van der Waals surface area contributed by atoms with Gasteiger partial charge in [0.15, 0.2) is 0 Å². The SMILES string of the molecule is CC1(C)c2ccccc2-c2ccc(N(c3ccccc3)c3cccc(N(c4ccccc4)c4cc5ccccc5cc4-c4ccccc4)c3)cc21. The van der Waals surface area contributed by atoms with Gasteiger partial charge in [-0.1, -0.05) is 141 Å². The summed E-state index contributed by atoms with van der Waals surface area (Å²) in [5.41, 5.74) is 14.3. The van der Waals surface area contributed by atoms with Gasteiger partial charge in [-0.05, 0) is 105 Å². The molecule has 0 atom stereocenters. The van der Waals surface area contributed by atoms with E-state index in [1.54, 1.807) is 0 Å². The van der Waals surface area contributed by atoms with Gasteiger partial charge in [-0.3, -0.25) is 0 Å². The number of anilines is 6. The summed E-state index contributed by atoms with van der Waals surface area (Å²) in [6, 6.07) is 70.3. The monoisotopic (exact) mass is 654 g/mol. The highest BCUT2D eigenvalue weighted by Gasteiger charge is 2.35. The summed E-state index contributed by atoms with van der Waals surface area (Å²) in [7, 11) is 0. The fourth-order valence-corrected chi connectivity index (χ4v) is 7.89. The average Bonchev–Trinajstić information content (AvgIpc) is 3.42. The summed E-state index contributed by atoms with van der Waals surface area (Å²) < 4.78 is 0. The van der Waals surface area contributed by atoms with E-state index >= 15 is 0 Å². The number of benzene rings is 8. The lowest BCUT2D eigenvalue weighted by molar-refractivity contribution is 0.660. The van der Waals surface area contributed by atoms with Gasteiger partial charge in [0.1, 0.15) is 0 Å². The van der Waals surface area contributed by atoms with Gasteiger partial charge in [0.2, 0.25) is 0 Å². The number of nitrogens with zero attached hydrogens (tertiary/aromatic N) is 2. The first-order chi connectivity index (χ1) is 25.1. The zero-order valence-electron chi connectivity index (χ0n) is 28.9. The number of fused-ring (bicyclic) bond motifs is 4. The van der Waals surface area contributed by atoms with Crippen LogP contribution >= 0.6 is 0 Å². The molecule has 2 nitrogen and oxygen atoms in total. The van der Waals surface area contributed by atoms with Crippen LogP contribution in [0.1, 0.15) is 25.0 Å². The second-order valence-corrected chi connectivity index (χ2v) is 13.8. The molecule has 0 saturated heterocycles. The average molecular weight is 655 g/mol. The van der Waals surface area contributed by atoms with Crippen LogP contribution in [0.5, 0.6) is 0 Å². The first-order valence-electron chi connectivity index (χ1n) is 17.7. The van der Waals surface area contributed by atoms with Gasteiger partial charge in [0.25, 0.3) is 0 Å². The molecule has 0 aromatic heterocycles. The van der Waals surface area contributed by atoms with Gasteiger partial charge in [-0.25, -0.2) is 0 Å². The van der Waals surface area contributed by atoms with Crippen LogP contribution in [-0.2, 0) is 5.41 Å². The maximum Gasteiger partial charge on any atom is 0.0546 e. The summed E-state index contributed by atoms with van der Waals surface area (Å²) in [5.74, 6) is 0. The van der Waals surface area contributed by atoms with E-state index in [1.165, 1.54) is 44.2 Å². The Labute approximate surface area is 300 Å². The maximum atomic E-state index is 2.41. The van der Waals surface area contributed by atoms with Crippen LogP contribution in [0, 0.1) is 0 Å². The van der Waals surface area contributed by atoms with E-state index < -0.39 is 0 Å². The van der Waals surface area contributed by atoms with E-state index in [2.05, 4.69) is 218 Å². The number of rotatable bonds is 7. The molecule has 0 fully saturated rings. The predicted octanol–water partition coefficient (Wildman–Crippen LogP) is 13.8. The van der Waals surface area contributed by atoms with Crippen molar-refractivity contribution in [2.45, 2.75) is 19.3 Å². The highest BCUT2D eigenvalue weighted by molar-refractivity contribution is 5.98. The lowest BCUT2D eigenvalue weighted by atomic mass is 9.82. The molecule has 0 N–H and O–H groups in total. The summed E-state index contributed by atoms with van der Waals surface area (Å²) in [4.78, 5) is 4.80. The first kappa shape index (κ1) is 30.7. The molecule has 1 aliphatic rings. The number of hydrogen-bond donors (Lipinski definition) is 0. The number of para-hydroxylation sites is 2. The van der Waals surface area contributed by atoms with E-state index in [-0.39, 0.29) is 5.41 Å². The zero-order chi connectivity index (χ0) is 34.4. The fourth-order valence-electron chi connectivity index (χ4n) is 7.89. The summed E-state index contributed by atoms with van der Waals surface area (Å²) >= 11 is 0. The lowest BCUT2D eigenvalue weighted by Gasteiger charge is -2.31. The standard InChI is InChI=1S/C49H38N2/c1-49(2)46-28-15-14-27-43(46)44-30-29-42(34-47(44)49)50(38-21-8-4-9-22-38)40-25-16-26-41(33-40)51(39-23-10-5-11-24-39)48-32-37-20-13-12-19-36(37)31-45(48)35-17-6-3-7-18-35/h3-34H,1-2H3. The van der Waals surface area contributed by atoms with Crippen molar-refractivity contribution in [1.29, 1.82) is 0 Å². The molecular formula is C49H38N2. The molecule has 0 saturated carbocycles. The Balaban J connectivity index is 1.24. The third-order valence-electron chi connectivity index (χ3n) is 10.4. The van der Waals surface area contributed by atoms with E-state index in [4.69, 9.17) is 0 Å². The minimum atomic E-state index is -0.0971. The van der Waals surface area contributed by atoms with E-state index in [0.29, 0.717) is 0 Å². The predicted molar refractivity (Wildman–Crippen MR) is 216 cm³/mol. The van der Waals surface area contributed by atoms with Crippen LogP contribution in [0.25, 0.3) is 33.0 Å². The van der Waals surface area contributed by atoms with Crippen LogP contribution < -0.4 is 9.80 Å². The van der Waals surface area contributed by atoms with Crippen molar-refractivity contribution >= 4 is 44.9 Å². The van der Waals surface area contributed by atoms with Gasteiger partial charge in [0, 0.05) is 39.4 Å². The molecule has 0 radical (unpaired) electrons. The molecule has 0 aliphatic heterocycles. The van der Waals surface area contributed by atoms with Crippen LogP contribution in [0.4, 0.5) is 34.1 Å². The summed E-state index contributed by atoms with van der Waals surface area (Å²) in [6.07, 6.45) is 0. The highest BCUT2D eigenvalue weighted by atomic mass is 15.2. The topological polar surface area (TPSA) is 6.48 Å². The molecule has 0 unspecified atom stereocenters. The lowest BCUT2D eigenvalue weighted by Crippen LogP contribution is -2.17. The molecule has 0 heterocycles. The molecule has 0 spiro atoms. The normalized spacial score (nSPS) is 12.7. The van der Waals surface area contributed by atoms with Crippen molar-refractivity contribution in [2.75, 3.05) is 9.80 Å². The van der Waals surface area contributed by atoms with Gasteiger partial charge >= 0.3 is 0 Å². The Kier molecular flexibility index (Phi) is 7.51. The van der Waals surface area contributed by atoms with Crippen LogP contribution in [0.3, 0.4) is 0 Å². The minimum absolute atomic E-state index is 0.0971. The van der Waals surface area contributed by atoms with Crippen molar-refractivity contribution in [3.05, 3.63) is 205 Å². The molecular weight excluding hydrogens is 617 g/mol. The van der Waals surface area contributed by atoms with Gasteiger partial charge < -0.3 is 9.80 Å². The van der Waals surface area contributed by atoms with E-state index in [0.717, 1.165) is 34.1 Å². The Morgan fingerprint density at radius 1 is 0.333 bits per heavy atom. The third-order valence-corrected chi connectivity index (χ3v) is 10.4. The summed E-state index contributed by atoms with van der Waals surface area (Å²) in [5, 5.41) is 2.43. The second kappa shape index (κ2) is 12.5. The maximum absolute atomic E-state index is 2.41. The van der Waals surface area contributed by atoms with E-state index in [1.807, 2.05) is 0 Å². The van der Waals surface area contributed by atoms with Gasteiger partial charge in [0.05, 0.1) is 5.69 Å². The molecule has 0 amide bonds. The molecule has 9 rings (SSSR count). The number of hydrogen-bond acceptors (Lipinski definition) is 2. The van der Waals surface area contributed by atoms with Crippen molar-refractivity contribution in [3.8, 4) is 22.3 Å². The second-order valence-electron chi connectivity index (χ2n) is 13.8. The van der Waals surface area contributed by atoms with Crippen molar-refractivity contribution in [2.24, 2.45) is 0 Å². The molecule has 8 aromatic carbocycles. The highest BCUT2D eigenvalue weighted by Crippen LogP contribution is 2.51. The van der Waals surface area contributed by atoms with E-state index in [9.17, 15) is 0 Å². The molecule has 244 valence electrons. The minimum Gasteiger partial charge on any atom is -0.310 e. The largest absolute Gasteiger partial charge is 0.310 e. The quantitative estimate of drug-likeness (QED) is 0.169. The fraction of sp³-hybridized carbons (Fsp3) is 0.0612. The van der Waals surface area contributed by atoms with Crippen molar-refractivity contribution < 1.29 is 0 Å². The zero-order valence-corrected chi connectivity index (χ0v) is 28.9. The Morgan fingerprint density at radius 2 is 0.843 bits per heavy atom. The molecule has 0 bridgehead atoms.